The van der Waals surface area contributed by atoms with Crippen molar-refractivity contribution in [3.8, 4) is 5.75 Å². The van der Waals surface area contributed by atoms with Gasteiger partial charge in [-0.15, -0.1) is 0 Å². The highest BCUT2D eigenvalue weighted by Crippen LogP contribution is 2.49. The smallest absolute Gasteiger partial charge is 0.219 e. The maximum atomic E-state index is 11.7. The lowest BCUT2D eigenvalue weighted by Crippen LogP contribution is -2.25. The number of unbranched alkanes of at least 4 members (excludes halogenated alkanes) is 7. The number of rotatable bonds is 15. The molecule has 1 aliphatic carbocycles. The van der Waals surface area contributed by atoms with Gasteiger partial charge in [0.1, 0.15) is 5.75 Å². The quantitative estimate of drug-likeness (QED) is 0.370. The van der Waals surface area contributed by atoms with E-state index in [0.717, 1.165) is 38.2 Å². The van der Waals surface area contributed by atoms with Crippen molar-refractivity contribution < 1.29 is 9.53 Å². The summed E-state index contributed by atoms with van der Waals surface area (Å²) < 4.78 is 6.11. The van der Waals surface area contributed by atoms with Crippen molar-refractivity contribution >= 4 is 5.91 Å². The molecule has 1 aromatic carbocycles. The van der Waals surface area contributed by atoms with E-state index in [-0.39, 0.29) is 5.91 Å². The second-order valence-electron chi connectivity index (χ2n) is 8.02. The van der Waals surface area contributed by atoms with Crippen LogP contribution in [0.2, 0.25) is 0 Å². The first kappa shape index (κ1) is 21.8. The summed E-state index contributed by atoms with van der Waals surface area (Å²) in [7, 11) is 0. The summed E-state index contributed by atoms with van der Waals surface area (Å²) >= 11 is 0. The zero-order valence-electron chi connectivity index (χ0n) is 17.5. The van der Waals surface area contributed by atoms with Crippen LogP contribution in [0.4, 0.5) is 0 Å². The van der Waals surface area contributed by atoms with Gasteiger partial charge in [-0.2, -0.15) is 0 Å². The predicted molar refractivity (Wildman–Crippen MR) is 113 cm³/mol. The molecule has 0 radical (unpaired) electrons. The van der Waals surface area contributed by atoms with Crippen molar-refractivity contribution in [2.75, 3.05) is 13.2 Å². The molecule has 0 bridgehead atoms. The Kier molecular flexibility index (Phi) is 10.3. The van der Waals surface area contributed by atoms with Gasteiger partial charge >= 0.3 is 0 Å². The fourth-order valence-corrected chi connectivity index (χ4v) is 3.75. The number of carbonyl (C=O) groups excluding carboxylic acids is 1. The van der Waals surface area contributed by atoms with Crippen LogP contribution in [0.25, 0.3) is 0 Å². The van der Waals surface area contributed by atoms with Crippen LogP contribution in [-0.2, 0) is 4.79 Å². The molecule has 1 amide bonds. The molecule has 0 aliphatic heterocycles. The maximum Gasteiger partial charge on any atom is 0.219 e. The van der Waals surface area contributed by atoms with Crippen LogP contribution in [0.1, 0.15) is 96.0 Å². The minimum Gasteiger partial charge on any atom is -0.493 e. The van der Waals surface area contributed by atoms with E-state index < -0.39 is 0 Å². The first-order valence-corrected chi connectivity index (χ1v) is 11.2. The third-order valence-electron chi connectivity index (χ3n) is 5.54. The molecule has 1 aromatic rings. The van der Waals surface area contributed by atoms with Gasteiger partial charge in [0.25, 0.3) is 0 Å². The predicted octanol–water partition coefficient (Wildman–Crippen LogP) is 6.23. The van der Waals surface area contributed by atoms with Gasteiger partial charge in [-0.05, 0) is 42.7 Å². The van der Waals surface area contributed by atoms with E-state index in [1.807, 2.05) is 6.92 Å². The number of hydrogen-bond donors (Lipinski definition) is 1. The number of benzene rings is 1. The Morgan fingerprint density at radius 3 is 2.44 bits per heavy atom. The third kappa shape index (κ3) is 8.36. The summed E-state index contributed by atoms with van der Waals surface area (Å²) in [5.41, 5.74) is 1.33. The molecule has 1 saturated carbocycles. The summed E-state index contributed by atoms with van der Waals surface area (Å²) in [6.07, 6.45) is 13.3. The van der Waals surface area contributed by atoms with E-state index >= 15 is 0 Å². The number of carbonyl (C=O) groups is 1. The van der Waals surface area contributed by atoms with Crippen LogP contribution in [0, 0.1) is 5.92 Å². The molecule has 1 aliphatic rings. The Hall–Kier alpha value is -1.51. The number of hydrogen-bond acceptors (Lipinski definition) is 2. The molecule has 1 fully saturated rings. The topological polar surface area (TPSA) is 38.3 Å². The lowest BCUT2D eigenvalue weighted by Gasteiger charge is -2.12. The van der Waals surface area contributed by atoms with Crippen molar-refractivity contribution in [3.63, 3.8) is 0 Å². The average molecular weight is 374 g/mol. The number of amides is 1. The highest BCUT2D eigenvalue weighted by molar-refractivity contribution is 5.75. The van der Waals surface area contributed by atoms with Gasteiger partial charge in [-0.1, -0.05) is 77.0 Å². The van der Waals surface area contributed by atoms with Gasteiger partial charge in [-0.25, -0.2) is 0 Å². The summed E-state index contributed by atoms with van der Waals surface area (Å²) in [6, 6.07) is 8.46. The van der Waals surface area contributed by atoms with E-state index in [1.165, 1.54) is 50.5 Å². The Morgan fingerprint density at radius 2 is 1.70 bits per heavy atom. The summed E-state index contributed by atoms with van der Waals surface area (Å²) in [5, 5.41) is 3.07. The molecule has 0 heterocycles. The molecule has 3 heteroatoms. The SMILES string of the molecule is CCCCCCCCCCOc1ccccc1C1CC1CNC(=O)CCC. The van der Waals surface area contributed by atoms with Crippen molar-refractivity contribution in [3.05, 3.63) is 29.8 Å². The van der Waals surface area contributed by atoms with Crippen LogP contribution < -0.4 is 10.1 Å². The summed E-state index contributed by atoms with van der Waals surface area (Å²) in [6.45, 7) is 5.92. The molecular formula is C24H39NO2. The second-order valence-corrected chi connectivity index (χ2v) is 8.02. The van der Waals surface area contributed by atoms with Gasteiger partial charge in [0.2, 0.25) is 5.91 Å². The molecular weight excluding hydrogens is 334 g/mol. The molecule has 3 nitrogen and oxygen atoms in total. The van der Waals surface area contributed by atoms with Crippen LogP contribution in [0.3, 0.4) is 0 Å². The molecule has 2 unspecified atom stereocenters. The Morgan fingerprint density at radius 1 is 1.00 bits per heavy atom. The molecule has 152 valence electrons. The molecule has 0 aromatic heterocycles. The number of para-hydroxylation sites is 1. The average Bonchev–Trinajstić information content (AvgIpc) is 3.45. The lowest BCUT2D eigenvalue weighted by molar-refractivity contribution is -0.121. The van der Waals surface area contributed by atoms with Gasteiger partial charge in [0.05, 0.1) is 6.61 Å². The molecule has 2 atom stereocenters. The van der Waals surface area contributed by atoms with Crippen molar-refractivity contribution in [1.29, 1.82) is 0 Å². The first-order valence-electron chi connectivity index (χ1n) is 11.2. The summed E-state index contributed by atoms with van der Waals surface area (Å²) in [5.74, 6) is 2.34. The molecule has 0 saturated heterocycles. The Balaban J connectivity index is 1.64. The molecule has 2 rings (SSSR count). The zero-order valence-corrected chi connectivity index (χ0v) is 17.5. The van der Waals surface area contributed by atoms with Crippen LogP contribution in [-0.4, -0.2) is 19.1 Å². The molecule has 27 heavy (non-hydrogen) atoms. The van der Waals surface area contributed by atoms with Crippen LogP contribution in [0.15, 0.2) is 24.3 Å². The van der Waals surface area contributed by atoms with E-state index in [4.69, 9.17) is 4.74 Å². The fourth-order valence-electron chi connectivity index (χ4n) is 3.75. The second kappa shape index (κ2) is 12.8. The number of ether oxygens (including phenoxy) is 1. The Bertz CT molecular complexity index is 543. The first-order chi connectivity index (χ1) is 13.3. The molecule has 0 spiro atoms. The van der Waals surface area contributed by atoms with E-state index in [1.54, 1.807) is 0 Å². The van der Waals surface area contributed by atoms with E-state index in [9.17, 15) is 4.79 Å². The van der Waals surface area contributed by atoms with Gasteiger partial charge in [-0.3, -0.25) is 4.79 Å². The molecule has 1 N–H and O–H groups in total. The van der Waals surface area contributed by atoms with Crippen LogP contribution in [0.5, 0.6) is 5.75 Å². The van der Waals surface area contributed by atoms with Gasteiger partial charge < -0.3 is 10.1 Å². The van der Waals surface area contributed by atoms with E-state index in [2.05, 4.69) is 36.5 Å². The highest BCUT2D eigenvalue weighted by Gasteiger charge is 2.39. The zero-order chi connectivity index (χ0) is 19.3. The van der Waals surface area contributed by atoms with Gasteiger partial charge in [0, 0.05) is 13.0 Å². The van der Waals surface area contributed by atoms with Crippen molar-refractivity contribution in [1.82, 2.24) is 5.32 Å². The van der Waals surface area contributed by atoms with Crippen LogP contribution >= 0.6 is 0 Å². The lowest BCUT2D eigenvalue weighted by atomic mass is 10.1. The minimum absolute atomic E-state index is 0.183. The van der Waals surface area contributed by atoms with Gasteiger partial charge in [0.15, 0.2) is 0 Å². The standard InChI is InChI=1S/C24H39NO2/c1-3-5-6-7-8-9-10-13-17-27-23-16-12-11-15-21(23)22-18-20(22)19-25-24(26)14-4-2/h11-12,15-16,20,22H,3-10,13-14,17-19H2,1-2H3,(H,25,26). The van der Waals surface area contributed by atoms with Crippen molar-refractivity contribution in [2.45, 2.75) is 90.4 Å². The fraction of sp³-hybridized carbons (Fsp3) is 0.708. The summed E-state index contributed by atoms with van der Waals surface area (Å²) in [4.78, 5) is 11.7. The number of nitrogens with one attached hydrogen (secondary N) is 1. The largest absolute Gasteiger partial charge is 0.493 e. The Labute approximate surface area is 166 Å². The monoisotopic (exact) mass is 373 g/mol. The minimum atomic E-state index is 0.183. The normalized spacial score (nSPS) is 18.3. The third-order valence-corrected chi connectivity index (χ3v) is 5.54. The van der Waals surface area contributed by atoms with Crippen molar-refractivity contribution in [2.24, 2.45) is 5.92 Å². The highest BCUT2D eigenvalue weighted by atomic mass is 16.5. The maximum absolute atomic E-state index is 11.7. The van der Waals surface area contributed by atoms with E-state index in [0.29, 0.717) is 18.3 Å².